The molecule has 0 amide bonds. The van der Waals surface area contributed by atoms with Crippen molar-refractivity contribution in [1.82, 2.24) is 0 Å². The molecular formula is C21H34AsNO3. The van der Waals surface area contributed by atoms with Crippen LogP contribution in [0, 0.1) is 0 Å². The fourth-order valence-corrected chi connectivity index (χ4v) is 11.0. The average Bonchev–Trinajstić information content (AvgIpc) is 2.57. The van der Waals surface area contributed by atoms with Crippen molar-refractivity contribution >= 4 is 30.7 Å². The van der Waals surface area contributed by atoms with Gasteiger partial charge in [0.25, 0.3) is 0 Å². The molecule has 0 radical (unpaired) electrons. The summed E-state index contributed by atoms with van der Waals surface area (Å²) in [5, 5.41) is 20.5. The SMILES string of the molecule is CCC(CC(=O)O)c1ccc([As](CC(C)(C)O)C2CCCCC2)c(N)c1. The molecule has 1 aromatic carbocycles. The van der Waals surface area contributed by atoms with E-state index in [1.165, 1.54) is 36.5 Å². The molecule has 2 atom stereocenters. The molecule has 0 saturated heterocycles. The van der Waals surface area contributed by atoms with Crippen LogP contribution in [0.5, 0.6) is 0 Å². The molecule has 1 fully saturated rings. The Morgan fingerprint density at radius 1 is 1.31 bits per heavy atom. The molecule has 0 heterocycles. The number of hydrogen-bond acceptors (Lipinski definition) is 3. The maximum absolute atomic E-state index is 11.1. The Morgan fingerprint density at radius 3 is 2.46 bits per heavy atom. The van der Waals surface area contributed by atoms with Crippen LogP contribution in [0.3, 0.4) is 0 Å². The van der Waals surface area contributed by atoms with Crippen molar-refractivity contribution in [1.29, 1.82) is 0 Å². The fourth-order valence-electron chi connectivity index (χ4n) is 4.02. The first-order valence-corrected chi connectivity index (χ1v) is 13.2. The van der Waals surface area contributed by atoms with Crippen LogP contribution >= 0.6 is 0 Å². The van der Waals surface area contributed by atoms with Gasteiger partial charge in [-0.05, 0) is 0 Å². The van der Waals surface area contributed by atoms with Gasteiger partial charge in [-0.2, -0.15) is 0 Å². The number of hydrogen-bond donors (Lipinski definition) is 3. The van der Waals surface area contributed by atoms with Crippen LogP contribution in [0.25, 0.3) is 0 Å². The van der Waals surface area contributed by atoms with Gasteiger partial charge in [0.15, 0.2) is 0 Å². The summed E-state index contributed by atoms with van der Waals surface area (Å²) in [7, 11) is 0. The van der Waals surface area contributed by atoms with Crippen LogP contribution in [0.1, 0.15) is 77.2 Å². The zero-order chi connectivity index (χ0) is 19.3. The van der Waals surface area contributed by atoms with E-state index in [0.717, 1.165) is 22.9 Å². The van der Waals surface area contributed by atoms with Crippen LogP contribution in [0.4, 0.5) is 5.69 Å². The third-order valence-corrected chi connectivity index (χ3v) is 12.7. The molecule has 1 aliphatic carbocycles. The van der Waals surface area contributed by atoms with Crippen LogP contribution in [-0.4, -0.2) is 36.4 Å². The fraction of sp³-hybridized carbons (Fsp3) is 0.667. The number of rotatable bonds is 8. The monoisotopic (exact) mass is 423 g/mol. The molecule has 0 bridgehead atoms. The van der Waals surface area contributed by atoms with E-state index in [9.17, 15) is 9.90 Å². The Bertz CT molecular complexity index is 606. The summed E-state index contributed by atoms with van der Waals surface area (Å²) in [5.74, 6) is -0.759. The van der Waals surface area contributed by atoms with Crippen molar-refractivity contribution in [2.45, 2.75) is 87.2 Å². The third kappa shape index (κ3) is 6.03. The quantitative estimate of drug-likeness (QED) is 0.435. The van der Waals surface area contributed by atoms with Gasteiger partial charge < -0.3 is 0 Å². The first-order chi connectivity index (χ1) is 12.2. The Morgan fingerprint density at radius 2 is 1.96 bits per heavy atom. The summed E-state index contributed by atoms with van der Waals surface area (Å²) >= 11 is -1.50. The van der Waals surface area contributed by atoms with Crippen molar-refractivity contribution in [3.05, 3.63) is 23.8 Å². The summed E-state index contributed by atoms with van der Waals surface area (Å²) < 4.78 is 1.97. The Hall–Kier alpha value is -0.992. The molecule has 0 spiro atoms. The summed E-state index contributed by atoms with van der Waals surface area (Å²) in [6, 6.07) is 6.23. The summed E-state index contributed by atoms with van der Waals surface area (Å²) in [6.07, 6.45) is 7.35. The zero-order valence-electron chi connectivity index (χ0n) is 16.4. The van der Waals surface area contributed by atoms with Gasteiger partial charge in [0.05, 0.1) is 0 Å². The molecule has 26 heavy (non-hydrogen) atoms. The van der Waals surface area contributed by atoms with E-state index < -0.39 is 26.2 Å². The second-order valence-corrected chi connectivity index (χ2v) is 13.4. The minimum atomic E-state index is -1.50. The second-order valence-electron chi connectivity index (χ2n) is 8.25. The normalized spacial score (nSPS) is 18.5. The van der Waals surface area contributed by atoms with Gasteiger partial charge in [-0.15, -0.1) is 0 Å². The van der Waals surface area contributed by atoms with Gasteiger partial charge in [-0.3, -0.25) is 0 Å². The Labute approximate surface area is 162 Å². The van der Waals surface area contributed by atoms with Crippen molar-refractivity contribution in [2.75, 3.05) is 5.73 Å². The van der Waals surface area contributed by atoms with Crippen LogP contribution in [0.15, 0.2) is 18.2 Å². The zero-order valence-corrected chi connectivity index (χ0v) is 18.2. The summed E-state index contributed by atoms with van der Waals surface area (Å²) in [4.78, 5) is 11.1. The van der Waals surface area contributed by atoms with Gasteiger partial charge in [0.1, 0.15) is 0 Å². The molecular weight excluding hydrogens is 389 g/mol. The van der Waals surface area contributed by atoms with Gasteiger partial charge in [-0.25, -0.2) is 0 Å². The van der Waals surface area contributed by atoms with Crippen molar-refractivity contribution in [3.8, 4) is 0 Å². The van der Waals surface area contributed by atoms with Gasteiger partial charge in [0.2, 0.25) is 0 Å². The molecule has 5 heteroatoms. The molecule has 4 N–H and O–H groups in total. The number of nitrogens with two attached hydrogens (primary N) is 1. The van der Waals surface area contributed by atoms with E-state index in [1.54, 1.807) is 0 Å². The van der Waals surface area contributed by atoms with Crippen LogP contribution < -0.4 is 10.1 Å². The molecule has 1 aliphatic rings. The van der Waals surface area contributed by atoms with Crippen molar-refractivity contribution in [2.24, 2.45) is 0 Å². The standard InChI is InChI=1S/C21H34AsNO3/c1-4-15(13-20(24)25)16-10-11-18(19(23)12-16)22(14-21(2,3)26)17-8-6-5-7-9-17/h10-12,15,17,26H,4-9,13-14,23H2,1-3H3,(H,24,25). The molecule has 2 unspecified atom stereocenters. The van der Waals surface area contributed by atoms with Crippen molar-refractivity contribution in [3.63, 3.8) is 0 Å². The number of carboxylic acid groups (broad SMARTS) is 1. The number of carboxylic acids is 1. The topological polar surface area (TPSA) is 83.5 Å². The van der Waals surface area contributed by atoms with E-state index in [-0.39, 0.29) is 12.3 Å². The van der Waals surface area contributed by atoms with E-state index in [1.807, 2.05) is 26.8 Å². The van der Waals surface area contributed by atoms with E-state index in [2.05, 4.69) is 12.1 Å². The minimum absolute atomic E-state index is 0.00811. The van der Waals surface area contributed by atoms with Gasteiger partial charge in [0, 0.05) is 0 Å². The van der Waals surface area contributed by atoms with E-state index in [4.69, 9.17) is 10.8 Å². The average molecular weight is 423 g/mol. The molecule has 2 rings (SSSR count). The number of aliphatic carboxylic acids is 1. The number of nitrogen functional groups attached to an aromatic ring is 1. The van der Waals surface area contributed by atoms with Crippen LogP contribution in [0.2, 0.25) is 9.91 Å². The number of carbonyl (C=O) groups is 1. The first kappa shape index (κ1) is 21.3. The predicted molar refractivity (Wildman–Crippen MR) is 109 cm³/mol. The number of benzene rings is 1. The Kier molecular flexibility index (Phi) is 7.61. The van der Waals surface area contributed by atoms with E-state index in [0.29, 0.717) is 4.71 Å². The maximum atomic E-state index is 11.1. The molecule has 4 nitrogen and oxygen atoms in total. The van der Waals surface area contributed by atoms with Crippen LogP contribution in [-0.2, 0) is 4.79 Å². The van der Waals surface area contributed by atoms with Gasteiger partial charge in [-0.1, -0.05) is 0 Å². The summed E-state index contributed by atoms with van der Waals surface area (Å²) in [5.41, 5.74) is 7.64. The molecule has 0 aromatic heterocycles. The molecule has 1 aromatic rings. The third-order valence-electron chi connectivity index (χ3n) is 5.32. The first-order valence-electron chi connectivity index (χ1n) is 9.81. The molecule has 1 saturated carbocycles. The summed E-state index contributed by atoms with van der Waals surface area (Å²) in [6.45, 7) is 5.83. The number of aliphatic hydroxyl groups is 1. The predicted octanol–water partition coefficient (Wildman–Crippen LogP) is 4.04. The van der Waals surface area contributed by atoms with E-state index >= 15 is 0 Å². The Balaban J connectivity index is 2.30. The molecule has 146 valence electrons. The second kappa shape index (κ2) is 9.28. The van der Waals surface area contributed by atoms with Gasteiger partial charge >= 0.3 is 162 Å². The van der Waals surface area contributed by atoms with Crippen molar-refractivity contribution < 1.29 is 15.0 Å². The molecule has 0 aliphatic heterocycles. The number of anilines is 1.